The molecule has 0 N–H and O–H groups in total. The van der Waals surface area contributed by atoms with Crippen LogP contribution < -0.4 is 4.74 Å². The second-order valence-corrected chi connectivity index (χ2v) is 13.2. The summed E-state index contributed by atoms with van der Waals surface area (Å²) in [5.41, 5.74) is 8.70. The largest absolute Gasteiger partial charge is 0.485 e. The molecule has 0 saturated carbocycles. The Morgan fingerprint density at radius 3 is 1.61 bits per heavy atom. The number of ether oxygens (including phenoxy) is 1. The van der Waals surface area contributed by atoms with E-state index >= 15 is 0 Å². The van der Waals surface area contributed by atoms with E-state index in [4.69, 9.17) is 19.7 Å². The molecule has 1 aliphatic heterocycles. The highest BCUT2D eigenvalue weighted by atomic mass is 16.5. The molecule has 1 aliphatic carbocycles. The molecule has 51 heavy (non-hydrogen) atoms. The van der Waals surface area contributed by atoms with Crippen LogP contribution in [0.3, 0.4) is 0 Å². The number of rotatable bonds is 5. The fourth-order valence-corrected chi connectivity index (χ4v) is 7.45. The van der Waals surface area contributed by atoms with Gasteiger partial charge in [0.1, 0.15) is 11.9 Å². The third kappa shape index (κ3) is 5.29. The Morgan fingerprint density at radius 2 is 0.922 bits per heavy atom. The first-order chi connectivity index (χ1) is 25.2. The van der Waals surface area contributed by atoms with Crippen LogP contribution in [-0.4, -0.2) is 21.1 Å². The molecule has 240 valence electrons. The van der Waals surface area contributed by atoms with Gasteiger partial charge < -0.3 is 4.74 Å². The molecule has 2 aliphatic rings. The number of hydrogen-bond acceptors (Lipinski definition) is 4. The Kier molecular flexibility index (Phi) is 6.91. The van der Waals surface area contributed by atoms with Crippen molar-refractivity contribution in [3.05, 3.63) is 187 Å². The molecular formula is C47H31N3O. The third-order valence-electron chi connectivity index (χ3n) is 10.1. The molecule has 2 unspecified atom stereocenters. The summed E-state index contributed by atoms with van der Waals surface area (Å²) in [5, 5.41) is 4.92. The quantitative estimate of drug-likeness (QED) is 0.185. The molecule has 7 aromatic carbocycles. The van der Waals surface area contributed by atoms with Crippen molar-refractivity contribution in [2.75, 3.05) is 0 Å². The molecule has 2 heterocycles. The second-order valence-electron chi connectivity index (χ2n) is 13.2. The van der Waals surface area contributed by atoms with Gasteiger partial charge >= 0.3 is 0 Å². The van der Waals surface area contributed by atoms with E-state index in [2.05, 4.69) is 146 Å². The fraction of sp³-hybridized carbons (Fsp3) is 0.0426. The van der Waals surface area contributed by atoms with Crippen LogP contribution in [0.4, 0.5) is 0 Å². The van der Waals surface area contributed by atoms with Crippen LogP contribution in [0.1, 0.15) is 17.3 Å². The first-order valence-electron chi connectivity index (χ1n) is 17.3. The molecule has 1 aromatic heterocycles. The maximum absolute atomic E-state index is 6.54. The number of hydrogen-bond donors (Lipinski definition) is 0. The van der Waals surface area contributed by atoms with Gasteiger partial charge in [0, 0.05) is 22.3 Å². The predicted octanol–water partition coefficient (Wildman–Crippen LogP) is 11.3. The zero-order valence-corrected chi connectivity index (χ0v) is 27.6. The van der Waals surface area contributed by atoms with Gasteiger partial charge in [-0.15, -0.1) is 0 Å². The highest BCUT2D eigenvalue weighted by Crippen LogP contribution is 2.49. The molecule has 4 heteroatoms. The summed E-state index contributed by atoms with van der Waals surface area (Å²) in [5.74, 6) is 2.78. The third-order valence-corrected chi connectivity index (χ3v) is 10.1. The molecule has 0 saturated heterocycles. The number of fused-ring (bicyclic) bond motifs is 5. The zero-order chi connectivity index (χ0) is 33.7. The summed E-state index contributed by atoms with van der Waals surface area (Å²) < 4.78 is 6.54. The average Bonchev–Trinajstić information content (AvgIpc) is 3.59. The van der Waals surface area contributed by atoms with Gasteiger partial charge in [-0.1, -0.05) is 146 Å². The van der Waals surface area contributed by atoms with Crippen molar-refractivity contribution in [3.8, 4) is 50.8 Å². The van der Waals surface area contributed by atoms with Crippen molar-refractivity contribution in [3.63, 3.8) is 0 Å². The van der Waals surface area contributed by atoms with Gasteiger partial charge in [0.05, 0.1) is 5.92 Å². The Hall–Kier alpha value is -6.65. The van der Waals surface area contributed by atoms with Crippen LogP contribution in [0.15, 0.2) is 176 Å². The maximum atomic E-state index is 6.54. The minimum atomic E-state index is -0.145. The van der Waals surface area contributed by atoms with Gasteiger partial charge in [-0.3, -0.25) is 0 Å². The number of nitrogens with zero attached hydrogens (tertiary/aromatic N) is 3. The minimum Gasteiger partial charge on any atom is -0.485 e. The normalized spacial score (nSPS) is 16.0. The lowest BCUT2D eigenvalue weighted by Gasteiger charge is -2.22. The van der Waals surface area contributed by atoms with E-state index in [1.165, 1.54) is 32.7 Å². The predicted molar refractivity (Wildman–Crippen MR) is 207 cm³/mol. The average molecular weight is 654 g/mol. The summed E-state index contributed by atoms with van der Waals surface area (Å²) in [6.07, 6.45) is 6.19. The van der Waals surface area contributed by atoms with Crippen molar-refractivity contribution in [2.45, 2.75) is 12.0 Å². The lowest BCUT2D eigenvalue weighted by Crippen LogP contribution is -2.20. The minimum absolute atomic E-state index is 0.0560. The maximum Gasteiger partial charge on any atom is 0.164 e. The van der Waals surface area contributed by atoms with Gasteiger partial charge in [-0.25, -0.2) is 15.0 Å². The molecule has 8 aromatic rings. The van der Waals surface area contributed by atoms with Gasteiger partial charge in [0.25, 0.3) is 0 Å². The van der Waals surface area contributed by atoms with E-state index in [-0.39, 0.29) is 12.0 Å². The lowest BCUT2D eigenvalue weighted by molar-refractivity contribution is 0.271. The number of benzene rings is 7. The Bertz CT molecular complexity index is 2680. The SMILES string of the molecule is C1=CC2Oc3ccc(-c4ccc5ccccc5c4)cc3C2C(c2nc(-c3ccccc3)nc(-c3ccc(-c4ccc5ccccc5c4)cc3)n2)=C1. The van der Waals surface area contributed by atoms with Gasteiger partial charge in [0.2, 0.25) is 0 Å². The molecule has 10 rings (SSSR count). The second kappa shape index (κ2) is 12.0. The van der Waals surface area contributed by atoms with E-state index in [9.17, 15) is 0 Å². The summed E-state index contributed by atoms with van der Waals surface area (Å²) in [6, 6.07) is 55.4. The Morgan fingerprint density at radius 1 is 0.412 bits per heavy atom. The molecule has 0 amide bonds. The molecule has 0 bridgehead atoms. The van der Waals surface area contributed by atoms with Crippen molar-refractivity contribution in [2.24, 2.45) is 0 Å². The van der Waals surface area contributed by atoms with E-state index in [0.717, 1.165) is 39.1 Å². The van der Waals surface area contributed by atoms with Crippen molar-refractivity contribution in [1.82, 2.24) is 15.0 Å². The molecule has 0 fully saturated rings. The first-order valence-corrected chi connectivity index (χ1v) is 17.3. The van der Waals surface area contributed by atoms with Crippen molar-refractivity contribution < 1.29 is 4.74 Å². The summed E-state index contributed by atoms with van der Waals surface area (Å²) in [7, 11) is 0. The van der Waals surface area contributed by atoms with Gasteiger partial charge in [-0.05, 0) is 74.1 Å². The fourth-order valence-electron chi connectivity index (χ4n) is 7.45. The van der Waals surface area contributed by atoms with Crippen LogP contribution in [-0.2, 0) is 0 Å². The first kappa shape index (κ1) is 29.3. The highest BCUT2D eigenvalue weighted by molar-refractivity contribution is 5.89. The molecular weight excluding hydrogens is 623 g/mol. The van der Waals surface area contributed by atoms with E-state index < -0.39 is 0 Å². The van der Waals surface area contributed by atoms with Gasteiger partial charge in [-0.2, -0.15) is 0 Å². The van der Waals surface area contributed by atoms with E-state index in [1.54, 1.807) is 0 Å². The summed E-state index contributed by atoms with van der Waals surface area (Å²) >= 11 is 0. The topological polar surface area (TPSA) is 47.9 Å². The van der Waals surface area contributed by atoms with Crippen LogP contribution in [0, 0.1) is 0 Å². The summed E-state index contributed by atoms with van der Waals surface area (Å²) in [6.45, 7) is 0. The smallest absolute Gasteiger partial charge is 0.164 e. The number of allylic oxidation sites excluding steroid dienone is 2. The molecule has 0 radical (unpaired) electrons. The van der Waals surface area contributed by atoms with Crippen LogP contribution in [0.2, 0.25) is 0 Å². The van der Waals surface area contributed by atoms with Gasteiger partial charge in [0.15, 0.2) is 17.5 Å². The highest BCUT2D eigenvalue weighted by Gasteiger charge is 2.39. The monoisotopic (exact) mass is 653 g/mol. The molecule has 0 spiro atoms. The van der Waals surface area contributed by atoms with Crippen LogP contribution >= 0.6 is 0 Å². The van der Waals surface area contributed by atoms with Crippen LogP contribution in [0.25, 0.3) is 72.1 Å². The zero-order valence-electron chi connectivity index (χ0n) is 27.6. The van der Waals surface area contributed by atoms with Crippen molar-refractivity contribution in [1.29, 1.82) is 0 Å². The van der Waals surface area contributed by atoms with Crippen molar-refractivity contribution >= 4 is 27.1 Å². The van der Waals surface area contributed by atoms with E-state index in [0.29, 0.717) is 17.5 Å². The van der Waals surface area contributed by atoms with E-state index in [1.807, 2.05) is 30.3 Å². The molecule has 2 atom stereocenters. The number of aromatic nitrogens is 3. The summed E-state index contributed by atoms with van der Waals surface area (Å²) in [4.78, 5) is 15.3. The lowest BCUT2D eigenvalue weighted by atomic mass is 9.83. The van der Waals surface area contributed by atoms with Crippen LogP contribution in [0.5, 0.6) is 5.75 Å². The Balaban J connectivity index is 1.05. The molecule has 4 nitrogen and oxygen atoms in total. The Labute approximate surface area is 296 Å². The standard InChI is InChI=1S/C47H31N3O/c1-2-11-33(12-3-1)45-48-46(34-21-17-32(18-22-34)37-23-19-30-9-4-6-13-35(30)27-37)50-47(49-45)40-15-8-16-43-44(40)41-29-39(25-26-42(41)51-43)38-24-20-31-10-5-7-14-36(31)28-38/h1-29,43-44H.